The summed E-state index contributed by atoms with van der Waals surface area (Å²) in [6.45, 7) is 2.24. The molecular formula is C17H26BrNO2. The van der Waals surface area contributed by atoms with E-state index < -0.39 is 0 Å². The van der Waals surface area contributed by atoms with Crippen molar-refractivity contribution in [3.8, 4) is 0 Å². The lowest BCUT2D eigenvalue weighted by Gasteiger charge is -2.09. The number of unbranched alkanes of at least 4 members (excludes halogenated alkanes) is 6. The van der Waals surface area contributed by atoms with Crippen LogP contribution in [0.2, 0.25) is 0 Å². The first-order valence-corrected chi connectivity index (χ1v) is 8.92. The topological polar surface area (TPSA) is 43.1 Å². The van der Waals surface area contributed by atoms with Crippen LogP contribution in [0.15, 0.2) is 24.3 Å². The molecule has 0 aromatic heterocycles. The van der Waals surface area contributed by atoms with Gasteiger partial charge < -0.3 is 0 Å². The van der Waals surface area contributed by atoms with Crippen molar-refractivity contribution in [3.63, 3.8) is 0 Å². The molecule has 0 N–H and O–H groups in total. The van der Waals surface area contributed by atoms with Gasteiger partial charge in [-0.25, -0.2) is 0 Å². The van der Waals surface area contributed by atoms with E-state index in [4.69, 9.17) is 0 Å². The summed E-state index contributed by atoms with van der Waals surface area (Å²) in [5, 5.41) is 10.6. The maximum atomic E-state index is 10.6. The fraction of sp³-hybridized carbons (Fsp3) is 0.647. The summed E-state index contributed by atoms with van der Waals surface area (Å²) in [7, 11) is 0. The first-order valence-electron chi connectivity index (χ1n) is 8.01. The maximum absolute atomic E-state index is 10.6. The second kappa shape index (κ2) is 10.8. The van der Waals surface area contributed by atoms with Crippen molar-refractivity contribution in [2.45, 2.75) is 69.5 Å². The van der Waals surface area contributed by atoms with Crippen molar-refractivity contribution < 1.29 is 4.92 Å². The van der Waals surface area contributed by atoms with Gasteiger partial charge in [-0.3, -0.25) is 10.1 Å². The third kappa shape index (κ3) is 8.20. The minimum atomic E-state index is -0.353. The summed E-state index contributed by atoms with van der Waals surface area (Å²) in [6.07, 6.45) is 11.4. The molecule has 0 amide bonds. The summed E-state index contributed by atoms with van der Waals surface area (Å²) < 4.78 is 0. The largest absolute Gasteiger partial charge is 0.269 e. The zero-order valence-corrected chi connectivity index (χ0v) is 14.5. The van der Waals surface area contributed by atoms with Gasteiger partial charge in [-0.1, -0.05) is 79.9 Å². The van der Waals surface area contributed by atoms with Gasteiger partial charge in [0.1, 0.15) is 0 Å². The molecule has 1 atom stereocenters. The number of alkyl halides is 1. The van der Waals surface area contributed by atoms with Crippen LogP contribution in [0.4, 0.5) is 5.69 Å². The van der Waals surface area contributed by atoms with Crippen molar-refractivity contribution in [1.82, 2.24) is 0 Å². The third-order valence-electron chi connectivity index (χ3n) is 3.73. The van der Waals surface area contributed by atoms with E-state index in [2.05, 4.69) is 22.9 Å². The molecule has 0 fully saturated rings. The summed E-state index contributed by atoms with van der Waals surface area (Å²) in [6, 6.07) is 6.89. The predicted molar refractivity (Wildman–Crippen MR) is 92.1 cm³/mol. The molecule has 21 heavy (non-hydrogen) atoms. The van der Waals surface area contributed by atoms with Crippen LogP contribution in [0, 0.1) is 10.1 Å². The summed E-state index contributed by atoms with van der Waals surface area (Å²) in [5.74, 6) is 0. The van der Waals surface area contributed by atoms with Gasteiger partial charge in [0.25, 0.3) is 5.69 Å². The van der Waals surface area contributed by atoms with Crippen LogP contribution < -0.4 is 0 Å². The molecule has 0 saturated carbocycles. The number of nitro groups is 1. The van der Waals surface area contributed by atoms with Crippen LogP contribution in [0.1, 0.15) is 63.9 Å². The third-order valence-corrected chi connectivity index (χ3v) is 4.51. The van der Waals surface area contributed by atoms with E-state index in [1.807, 2.05) is 12.1 Å². The zero-order chi connectivity index (χ0) is 15.5. The number of non-ortho nitro benzene ring substituents is 1. The van der Waals surface area contributed by atoms with Crippen molar-refractivity contribution in [1.29, 1.82) is 0 Å². The SMILES string of the molecule is CCCCCCCCCC(Br)Cc1ccc([N+](=O)[O-])cc1. The highest BCUT2D eigenvalue weighted by Gasteiger charge is 2.08. The Hall–Kier alpha value is -0.900. The molecule has 0 aliphatic carbocycles. The minimum Gasteiger partial charge on any atom is -0.258 e. The number of hydrogen-bond donors (Lipinski definition) is 0. The lowest BCUT2D eigenvalue weighted by Crippen LogP contribution is -2.02. The van der Waals surface area contributed by atoms with Crippen LogP contribution in [0.5, 0.6) is 0 Å². The van der Waals surface area contributed by atoms with Crippen molar-refractivity contribution in [3.05, 3.63) is 39.9 Å². The molecule has 0 spiro atoms. The Labute approximate surface area is 136 Å². The second-order valence-electron chi connectivity index (χ2n) is 5.63. The van der Waals surface area contributed by atoms with E-state index in [1.54, 1.807) is 12.1 Å². The lowest BCUT2D eigenvalue weighted by atomic mass is 10.0. The molecule has 0 heterocycles. The van der Waals surface area contributed by atoms with Gasteiger partial charge >= 0.3 is 0 Å². The molecule has 4 heteroatoms. The molecule has 0 bridgehead atoms. The second-order valence-corrected chi connectivity index (χ2v) is 6.93. The van der Waals surface area contributed by atoms with Gasteiger partial charge in [-0.15, -0.1) is 0 Å². The molecule has 1 unspecified atom stereocenters. The number of nitrogens with zero attached hydrogens (tertiary/aromatic N) is 1. The zero-order valence-electron chi connectivity index (χ0n) is 12.9. The number of halogens is 1. The lowest BCUT2D eigenvalue weighted by molar-refractivity contribution is -0.384. The van der Waals surface area contributed by atoms with E-state index in [0.717, 1.165) is 12.0 Å². The fourth-order valence-electron chi connectivity index (χ4n) is 2.43. The summed E-state index contributed by atoms with van der Waals surface area (Å²) in [4.78, 5) is 10.7. The molecule has 0 saturated heterocycles. The Morgan fingerprint density at radius 3 is 2.19 bits per heavy atom. The average molecular weight is 356 g/mol. The quantitative estimate of drug-likeness (QED) is 0.210. The summed E-state index contributed by atoms with van der Waals surface area (Å²) in [5.41, 5.74) is 1.32. The number of nitro benzene ring substituents is 1. The molecule has 1 aromatic rings. The average Bonchev–Trinajstić information content (AvgIpc) is 2.47. The normalized spacial score (nSPS) is 12.3. The van der Waals surface area contributed by atoms with Crippen molar-refractivity contribution in [2.75, 3.05) is 0 Å². The standard InChI is InChI=1S/C17H26BrNO2/c1-2-3-4-5-6-7-8-9-16(18)14-15-10-12-17(13-11-15)19(20)21/h10-13,16H,2-9,14H2,1H3. The maximum Gasteiger partial charge on any atom is 0.269 e. The van der Waals surface area contributed by atoms with E-state index in [1.165, 1.54) is 51.4 Å². The minimum absolute atomic E-state index is 0.164. The van der Waals surface area contributed by atoms with Crippen LogP contribution in [-0.2, 0) is 6.42 Å². The summed E-state index contributed by atoms with van der Waals surface area (Å²) >= 11 is 3.72. The highest BCUT2D eigenvalue weighted by molar-refractivity contribution is 9.09. The highest BCUT2D eigenvalue weighted by Crippen LogP contribution is 2.19. The van der Waals surface area contributed by atoms with Gasteiger partial charge in [0.2, 0.25) is 0 Å². The molecule has 3 nitrogen and oxygen atoms in total. The van der Waals surface area contributed by atoms with E-state index in [0.29, 0.717) is 4.83 Å². The van der Waals surface area contributed by atoms with E-state index in [9.17, 15) is 10.1 Å². The van der Waals surface area contributed by atoms with Crippen LogP contribution in [-0.4, -0.2) is 9.75 Å². The van der Waals surface area contributed by atoms with Crippen molar-refractivity contribution in [2.24, 2.45) is 0 Å². The number of benzene rings is 1. The molecule has 0 aliphatic rings. The number of hydrogen-bond acceptors (Lipinski definition) is 2. The highest BCUT2D eigenvalue weighted by atomic mass is 79.9. The smallest absolute Gasteiger partial charge is 0.258 e. The Balaban J connectivity index is 2.15. The van der Waals surface area contributed by atoms with Crippen LogP contribution in [0.3, 0.4) is 0 Å². The van der Waals surface area contributed by atoms with E-state index >= 15 is 0 Å². The van der Waals surface area contributed by atoms with E-state index in [-0.39, 0.29) is 10.6 Å². The number of rotatable bonds is 11. The van der Waals surface area contributed by atoms with Gasteiger partial charge in [0, 0.05) is 17.0 Å². The molecular weight excluding hydrogens is 330 g/mol. The first-order chi connectivity index (χ1) is 10.1. The van der Waals surface area contributed by atoms with Gasteiger partial charge in [0.15, 0.2) is 0 Å². The van der Waals surface area contributed by atoms with Gasteiger partial charge in [-0.2, -0.15) is 0 Å². The van der Waals surface area contributed by atoms with Gasteiger partial charge in [0.05, 0.1) is 4.92 Å². The predicted octanol–water partition coefficient (Wildman–Crippen LogP) is 6.04. The fourth-order valence-corrected chi connectivity index (χ4v) is 3.13. The Kier molecular flexibility index (Phi) is 9.31. The molecule has 1 aromatic carbocycles. The monoisotopic (exact) mass is 355 g/mol. The van der Waals surface area contributed by atoms with Gasteiger partial charge in [-0.05, 0) is 18.4 Å². The Bertz CT molecular complexity index is 406. The van der Waals surface area contributed by atoms with Crippen LogP contribution >= 0.6 is 15.9 Å². The molecule has 0 aliphatic heterocycles. The van der Waals surface area contributed by atoms with Crippen LogP contribution in [0.25, 0.3) is 0 Å². The van der Waals surface area contributed by atoms with Crippen molar-refractivity contribution >= 4 is 21.6 Å². The Morgan fingerprint density at radius 2 is 1.62 bits per heavy atom. The molecule has 118 valence electrons. The molecule has 0 radical (unpaired) electrons. The Morgan fingerprint density at radius 1 is 1.05 bits per heavy atom. The first kappa shape index (κ1) is 18.1. The molecule has 1 rings (SSSR count).